The van der Waals surface area contributed by atoms with Gasteiger partial charge in [0.1, 0.15) is 29.6 Å². The molecule has 4 unspecified atom stereocenters. The van der Waals surface area contributed by atoms with E-state index in [1.54, 1.807) is 30.5 Å². The number of carboxylic acid groups (broad SMARTS) is 1. The highest BCUT2D eigenvalue weighted by Gasteiger charge is 2.31. The molecular weight excluding hydrogens is 630 g/mol. The molecule has 0 saturated heterocycles. The second-order valence-corrected chi connectivity index (χ2v) is 11.7. The number of fused-ring (bicyclic) bond motifs is 1. The van der Waals surface area contributed by atoms with Crippen LogP contribution in [0, 0.1) is 0 Å². The minimum Gasteiger partial charge on any atom is -0.508 e. The standard InChI is InChI=1S/C35H37N7O7/c36-27(15-22-17-38-28-4-2-1-3-26(22)28)32(45)40-29(13-20-5-9-24(43)10-6-20)33(46)41-30(14-21-7-11-25(44)12-8-21)34(47)42-31(35(48)49)16-23-18-37-19-39-23/h1-12,17-19,27,29-31,38,43-44H,13-16,36H2,(H,37,39)(H,40,45)(H,41,46)(H,42,47)(H,48,49). The Labute approximate surface area is 280 Å². The second-order valence-electron chi connectivity index (χ2n) is 11.7. The van der Waals surface area contributed by atoms with Gasteiger partial charge in [-0.1, -0.05) is 42.5 Å². The molecule has 3 amide bonds. The van der Waals surface area contributed by atoms with Crippen LogP contribution in [0.15, 0.2) is 91.5 Å². The number of nitrogens with one attached hydrogen (secondary N) is 5. The van der Waals surface area contributed by atoms with Crippen LogP contribution in [0.1, 0.15) is 22.4 Å². The average Bonchev–Trinajstić information content (AvgIpc) is 3.75. The number of nitrogens with zero attached hydrogens (tertiary/aromatic N) is 1. The summed E-state index contributed by atoms with van der Waals surface area (Å²) < 4.78 is 0. The van der Waals surface area contributed by atoms with Crippen molar-refractivity contribution in [3.8, 4) is 11.5 Å². The Kier molecular flexibility index (Phi) is 10.9. The number of hydrogen-bond acceptors (Lipinski definition) is 8. The molecule has 4 atom stereocenters. The Balaban J connectivity index is 1.36. The van der Waals surface area contributed by atoms with Crippen molar-refractivity contribution in [3.05, 3.63) is 114 Å². The number of carbonyl (C=O) groups excluding carboxylic acids is 3. The molecule has 2 heterocycles. The van der Waals surface area contributed by atoms with Crippen LogP contribution in [0.5, 0.6) is 11.5 Å². The van der Waals surface area contributed by atoms with Gasteiger partial charge in [0, 0.05) is 48.3 Å². The molecule has 0 spiro atoms. The first-order valence-electron chi connectivity index (χ1n) is 15.5. The lowest BCUT2D eigenvalue weighted by molar-refractivity contribution is -0.142. The number of aromatic nitrogens is 3. The Morgan fingerprint density at radius 3 is 1.80 bits per heavy atom. The first-order chi connectivity index (χ1) is 23.5. The van der Waals surface area contributed by atoms with Crippen LogP contribution >= 0.6 is 0 Å². The number of aliphatic carboxylic acids is 1. The summed E-state index contributed by atoms with van der Waals surface area (Å²) in [6, 6.07) is 14.8. The van der Waals surface area contributed by atoms with E-state index in [1.165, 1.54) is 36.8 Å². The van der Waals surface area contributed by atoms with Gasteiger partial charge in [-0.25, -0.2) is 9.78 Å². The third-order valence-electron chi connectivity index (χ3n) is 8.06. The van der Waals surface area contributed by atoms with Crippen molar-refractivity contribution in [1.29, 1.82) is 0 Å². The highest BCUT2D eigenvalue weighted by Crippen LogP contribution is 2.19. The molecule has 254 valence electrons. The first kappa shape index (κ1) is 34.2. The second kappa shape index (κ2) is 15.6. The summed E-state index contributed by atoms with van der Waals surface area (Å²) >= 11 is 0. The fourth-order valence-electron chi connectivity index (χ4n) is 5.42. The molecule has 3 aromatic carbocycles. The molecule has 14 heteroatoms. The number of imidazole rings is 1. The largest absolute Gasteiger partial charge is 0.508 e. The van der Waals surface area contributed by atoms with E-state index < -0.39 is 47.9 Å². The lowest BCUT2D eigenvalue weighted by atomic mass is 10.0. The van der Waals surface area contributed by atoms with Crippen molar-refractivity contribution < 1.29 is 34.5 Å². The van der Waals surface area contributed by atoms with Crippen LogP contribution in [-0.4, -0.2) is 78.1 Å². The van der Waals surface area contributed by atoms with Crippen LogP contribution in [0.2, 0.25) is 0 Å². The van der Waals surface area contributed by atoms with E-state index in [9.17, 15) is 34.5 Å². The normalized spacial score (nSPS) is 13.6. The SMILES string of the molecule is NC(Cc1c[nH]c2ccccc12)C(=O)NC(Cc1ccc(O)cc1)C(=O)NC(Cc1ccc(O)cc1)C(=O)NC(Cc1cnc[nH]1)C(=O)O. The van der Waals surface area contributed by atoms with Crippen molar-refractivity contribution >= 4 is 34.6 Å². The molecule has 0 aliphatic rings. The Morgan fingerprint density at radius 2 is 1.24 bits per heavy atom. The van der Waals surface area contributed by atoms with Gasteiger partial charge in [-0.2, -0.15) is 0 Å². The van der Waals surface area contributed by atoms with Gasteiger partial charge in [0.2, 0.25) is 17.7 Å². The summed E-state index contributed by atoms with van der Waals surface area (Å²) in [4.78, 5) is 62.9. The van der Waals surface area contributed by atoms with Crippen LogP contribution in [-0.2, 0) is 44.9 Å². The lowest BCUT2D eigenvalue weighted by Crippen LogP contribution is -2.58. The number of carbonyl (C=O) groups is 4. The van der Waals surface area contributed by atoms with Gasteiger partial charge in [-0.3, -0.25) is 14.4 Å². The summed E-state index contributed by atoms with van der Waals surface area (Å²) in [7, 11) is 0. The quantitative estimate of drug-likeness (QED) is 0.0784. The molecule has 0 aliphatic carbocycles. The molecule has 0 saturated carbocycles. The number of para-hydroxylation sites is 1. The van der Waals surface area contributed by atoms with E-state index in [1.807, 2.05) is 24.3 Å². The maximum atomic E-state index is 13.9. The number of aromatic hydroxyl groups is 2. The third kappa shape index (κ3) is 9.23. The summed E-state index contributed by atoms with van der Waals surface area (Å²) in [5, 5.41) is 38.2. The molecule has 49 heavy (non-hydrogen) atoms. The zero-order valence-electron chi connectivity index (χ0n) is 26.3. The van der Waals surface area contributed by atoms with Gasteiger partial charge in [-0.05, 0) is 53.4 Å². The van der Waals surface area contributed by atoms with Crippen LogP contribution in [0.25, 0.3) is 10.9 Å². The Bertz CT molecular complexity index is 1890. The molecule has 2 aromatic heterocycles. The van der Waals surface area contributed by atoms with E-state index in [4.69, 9.17) is 5.73 Å². The molecule has 10 N–H and O–H groups in total. The highest BCUT2D eigenvalue weighted by atomic mass is 16.4. The zero-order chi connectivity index (χ0) is 34.9. The number of H-pyrrole nitrogens is 2. The van der Waals surface area contributed by atoms with E-state index in [-0.39, 0.29) is 37.2 Å². The number of phenolic OH excluding ortho intramolecular Hbond substituents is 2. The minimum atomic E-state index is -1.35. The molecule has 14 nitrogen and oxygen atoms in total. The predicted octanol–water partition coefficient (Wildman–Crippen LogP) is 1.44. The topological polar surface area (TPSA) is 236 Å². The molecule has 5 rings (SSSR count). The van der Waals surface area contributed by atoms with Gasteiger partial charge in [0.05, 0.1) is 12.4 Å². The number of rotatable bonds is 15. The molecule has 5 aromatic rings. The first-order valence-corrected chi connectivity index (χ1v) is 15.5. The summed E-state index contributed by atoms with van der Waals surface area (Å²) in [5.74, 6) is -3.38. The fraction of sp³-hybridized carbons (Fsp3) is 0.229. The molecule has 0 radical (unpaired) electrons. The van der Waals surface area contributed by atoms with Crippen LogP contribution < -0.4 is 21.7 Å². The lowest BCUT2D eigenvalue weighted by Gasteiger charge is -2.25. The number of carboxylic acids is 1. The van der Waals surface area contributed by atoms with Gasteiger partial charge >= 0.3 is 5.97 Å². The molecule has 0 bridgehead atoms. The maximum Gasteiger partial charge on any atom is 0.326 e. The van der Waals surface area contributed by atoms with E-state index in [2.05, 4.69) is 30.9 Å². The number of hydrogen-bond donors (Lipinski definition) is 9. The molecular formula is C35H37N7O7. The van der Waals surface area contributed by atoms with E-state index >= 15 is 0 Å². The molecule has 0 aliphatic heterocycles. The minimum absolute atomic E-state index is 0.0000600. The van der Waals surface area contributed by atoms with Crippen LogP contribution in [0.4, 0.5) is 0 Å². The number of aromatic amines is 2. The summed E-state index contributed by atoms with van der Waals surface area (Å²) in [6.45, 7) is 0. The maximum absolute atomic E-state index is 13.9. The van der Waals surface area contributed by atoms with Crippen molar-refractivity contribution in [3.63, 3.8) is 0 Å². The van der Waals surface area contributed by atoms with Gasteiger partial charge in [0.15, 0.2) is 0 Å². The van der Waals surface area contributed by atoms with Crippen molar-refractivity contribution in [1.82, 2.24) is 30.9 Å². The molecule has 0 fully saturated rings. The predicted molar refractivity (Wildman–Crippen MR) is 179 cm³/mol. The van der Waals surface area contributed by atoms with Crippen molar-refractivity contribution in [2.45, 2.75) is 49.9 Å². The number of phenols is 2. The van der Waals surface area contributed by atoms with Gasteiger partial charge in [-0.15, -0.1) is 0 Å². The van der Waals surface area contributed by atoms with E-state index in [0.29, 0.717) is 16.8 Å². The fourth-order valence-corrected chi connectivity index (χ4v) is 5.42. The van der Waals surface area contributed by atoms with Crippen LogP contribution in [0.3, 0.4) is 0 Å². The smallest absolute Gasteiger partial charge is 0.326 e. The number of benzene rings is 3. The van der Waals surface area contributed by atoms with Crippen molar-refractivity contribution in [2.24, 2.45) is 5.73 Å². The summed E-state index contributed by atoms with van der Waals surface area (Å²) in [5.41, 5.74) is 9.69. The number of amides is 3. The highest BCUT2D eigenvalue weighted by molar-refractivity contribution is 5.94. The van der Waals surface area contributed by atoms with Gasteiger partial charge < -0.3 is 47.0 Å². The monoisotopic (exact) mass is 667 g/mol. The number of nitrogens with two attached hydrogens (primary N) is 1. The third-order valence-corrected chi connectivity index (χ3v) is 8.06. The summed E-state index contributed by atoms with van der Waals surface area (Å²) in [6.07, 6.45) is 4.63. The Hall–Kier alpha value is -6.15. The van der Waals surface area contributed by atoms with Crippen molar-refractivity contribution in [2.75, 3.05) is 0 Å². The average molecular weight is 668 g/mol. The van der Waals surface area contributed by atoms with E-state index in [0.717, 1.165) is 16.5 Å². The zero-order valence-corrected chi connectivity index (χ0v) is 26.3. The van der Waals surface area contributed by atoms with Gasteiger partial charge in [0.25, 0.3) is 0 Å². The Morgan fingerprint density at radius 1 is 0.694 bits per heavy atom.